The van der Waals surface area contributed by atoms with Crippen molar-refractivity contribution in [2.24, 2.45) is 0 Å². The molecule has 8 nitrogen and oxygen atoms in total. The molecule has 0 aliphatic rings. The molecule has 0 aromatic heterocycles. The second-order valence-electron chi connectivity index (χ2n) is 5.23. The molecule has 2 rings (SSSR count). The fourth-order valence-electron chi connectivity index (χ4n) is 2.10. The fourth-order valence-corrected chi connectivity index (χ4v) is 2.89. The first-order chi connectivity index (χ1) is 11.6. The number of nitrogens with zero attached hydrogens (tertiary/aromatic N) is 1. The maximum atomic E-state index is 12.5. The van der Waals surface area contributed by atoms with E-state index in [-0.39, 0.29) is 27.6 Å². The summed E-state index contributed by atoms with van der Waals surface area (Å²) in [5.74, 6) is -0.572. The van der Waals surface area contributed by atoms with E-state index in [1.54, 1.807) is 6.92 Å². The van der Waals surface area contributed by atoms with Crippen LogP contribution in [0.25, 0.3) is 0 Å². The molecule has 0 aliphatic heterocycles. The van der Waals surface area contributed by atoms with Gasteiger partial charge < -0.3 is 5.32 Å². The smallest absolute Gasteiger partial charge is 0.271 e. The third-order valence-electron chi connectivity index (χ3n) is 3.28. The van der Waals surface area contributed by atoms with Gasteiger partial charge in [-0.25, -0.2) is 8.42 Å². The lowest BCUT2D eigenvalue weighted by atomic mass is 10.1. The number of amides is 1. The maximum Gasteiger partial charge on any atom is 0.271 e. The lowest BCUT2D eigenvalue weighted by molar-refractivity contribution is -0.384. The predicted octanol–water partition coefficient (Wildman–Crippen LogP) is 3.18. The van der Waals surface area contributed by atoms with Crippen LogP contribution in [0.2, 0.25) is 5.02 Å². The SMILES string of the molecule is Cc1c(NS(C)(=O)=O)cccc1C(=O)Nc1cc([N+](=O)[O-])ccc1Cl. The summed E-state index contributed by atoms with van der Waals surface area (Å²) in [5, 5.41) is 13.5. The average molecular weight is 384 g/mol. The number of rotatable bonds is 5. The van der Waals surface area contributed by atoms with Crippen LogP contribution < -0.4 is 10.0 Å². The van der Waals surface area contributed by atoms with Crippen molar-refractivity contribution in [3.8, 4) is 0 Å². The molecular weight excluding hydrogens is 370 g/mol. The first-order valence-electron chi connectivity index (χ1n) is 6.91. The molecule has 2 N–H and O–H groups in total. The molecule has 0 heterocycles. The normalized spacial score (nSPS) is 11.0. The van der Waals surface area contributed by atoms with E-state index in [0.717, 1.165) is 12.3 Å². The Kier molecular flexibility index (Phi) is 5.29. The molecule has 0 spiro atoms. The highest BCUT2D eigenvalue weighted by molar-refractivity contribution is 7.92. The Morgan fingerprint density at radius 1 is 1.20 bits per heavy atom. The zero-order chi connectivity index (χ0) is 18.8. The van der Waals surface area contributed by atoms with Gasteiger partial charge in [0.25, 0.3) is 11.6 Å². The summed E-state index contributed by atoms with van der Waals surface area (Å²) in [6.07, 6.45) is 1.00. The number of halogens is 1. The van der Waals surface area contributed by atoms with Gasteiger partial charge in [0.1, 0.15) is 0 Å². The predicted molar refractivity (Wildman–Crippen MR) is 95.7 cm³/mol. The summed E-state index contributed by atoms with van der Waals surface area (Å²) in [7, 11) is -3.50. The van der Waals surface area contributed by atoms with Crippen LogP contribution in [-0.4, -0.2) is 25.5 Å². The Labute approximate surface area is 149 Å². The number of anilines is 2. The lowest BCUT2D eigenvalue weighted by Crippen LogP contribution is -2.16. The number of carbonyl (C=O) groups excluding carboxylic acids is 1. The molecule has 0 fully saturated rings. The van der Waals surface area contributed by atoms with Crippen LogP contribution in [0.15, 0.2) is 36.4 Å². The third-order valence-corrected chi connectivity index (χ3v) is 4.20. The van der Waals surface area contributed by atoms with Gasteiger partial charge in [0, 0.05) is 17.7 Å². The van der Waals surface area contributed by atoms with Gasteiger partial charge in [-0.2, -0.15) is 0 Å². The zero-order valence-electron chi connectivity index (χ0n) is 13.2. The molecule has 0 saturated carbocycles. The van der Waals surface area contributed by atoms with Crippen LogP contribution in [0.5, 0.6) is 0 Å². The summed E-state index contributed by atoms with van der Waals surface area (Å²) >= 11 is 5.96. The van der Waals surface area contributed by atoms with Crippen LogP contribution in [-0.2, 0) is 10.0 Å². The van der Waals surface area contributed by atoms with Gasteiger partial charge in [-0.3, -0.25) is 19.6 Å². The van der Waals surface area contributed by atoms with Crippen molar-refractivity contribution in [1.82, 2.24) is 0 Å². The molecule has 0 radical (unpaired) electrons. The zero-order valence-corrected chi connectivity index (χ0v) is 14.8. The Morgan fingerprint density at radius 3 is 2.48 bits per heavy atom. The summed E-state index contributed by atoms with van der Waals surface area (Å²) in [4.78, 5) is 22.7. The largest absolute Gasteiger partial charge is 0.320 e. The molecule has 10 heteroatoms. The van der Waals surface area contributed by atoms with Gasteiger partial charge in [0.05, 0.1) is 27.6 Å². The minimum atomic E-state index is -3.50. The van der Waals surface area contributed by atoms with Crippen molar-refractivity contribution in [1.29, 1.82) is 0 Å². The molecule has 0 unspecified atom stereocenters. The molecule has 132 valence electrons. The van der Waals surface area contributed by atoms with E-state index in [1.165, 1.54) is 30.3 Å². The van der Waals surface area contributed by atoms with Crippen LogP contribution in [0.1, 0.15) is 15.9 Å². The van der Waals surface area contributed by atoms with Crippen molar-refractivity contribution in [2.75, 3.05) is 16.3 Å². The highest BCUT2D eigenvalue weighted by Crippen LogP contribution is 2.28. The molecular formula is C15H14ClN3O5S. The van der Waals surface area contributed by atoms with E-state index < -0.39 is 20.9 Å². The average Bonchev–Trinajstić information content (AvgIpc) is 2.50. The molecule has 0 bridgehead atoms. The second-order valence-corrected chi connectivity index (χ2v) is 7.38. The number of nitrogens with one attached hydrogen (secondary N) is 2. The molecule has 1 amide bonds. The van der Waals surface area contributed by atoms with Gasteiger partial charge in [0.15, 0.2) is 0 Å². The van der Waals surface area contributed by atoms with E-state index in [9.17, 15) is 23.3 Å². The second kappa shape index (κ2) is 7.08. The maximum absolute atomic E-state index is 12.5. The van der Waals surface area contributed by atoms with Gasteiger partial charge >= 0.3 is 0 Å². The quantitative estimate of drug-likeness (QED) is 0.607. The lowest BCUT2D eigenvalue weighted by Gasteiger charge is -2.13. The van der Waals surface area contributed by atoms with E-state index in [4.69, 9.17) is 11.6 Å². The van der Waals surface area contributed by atoms with Crippen LogP contribution in [0.3, 0.4) is 0 Å². The van der Waals surface area contributed by atoms with Crippen molar-refractivity contribution in [2.45, 2.75) is 6.92 Å². The van der Waals surface area contributed by atoms with Crippen molar-refractivity contribution >= 4 is 44.6 Å². The minimum absolute atomic E-state index is 0.0849. The van der Waals surface area contributed by atoms with Gasteiger partial charge in [-0.05, 0) is 30.7 Å². The number of nitro groups is 1. The van der Waals surface area contributed by atoms with Gasteiger partial charge in [-0.1, -0.05) is 17.7 Å². The summed E-state index contributed by atoms with van der Waals surface area (Å²) in [6, 6.07) is 8.22. The minimum Gasteiger partial charge on any atom is -0.320 e. The van der Waals surface area contributed by atoms with Crippen LogP contribution in [0, 0.1) is 17.0 Å². The Balaban J connectivity index is 2.35. The third kappa shape index (κ3) is 4.68. The highest BCUT2D eigenvalue weighted by atomic mass is 35.5. The van der Waals surface area contributed by atoms with Crippen molar-refractivity contribution in [3.05, 3.63) is 62.7 Å². The standard InChI is InChI=1S/C15H14ClN3O5S/c1-9-11(4-3-5-13(9)18-25(2,23)24)15(20)17-14-8-10(19(21)22)6-7-12(14)16/h3-8,18H,1-2H3,(H,17,20). The van der Waals surface area contributed by atoms with Gasteiger partial charge in [-0.15, -0.1) is 0 Å². The molecule has 0 aliphatic carbocycles. The van der Waals surface area contributed by atoms with E-state index in [1.807, 2.05) is 0 Å². The number of hydrogen-bond donors (Lipinski definition) is 2. The Morgan fingerprint density at radius 2 is 1.88 bits per heavy atom. The first-order valence-corrected chi connectivity index (χ1v) is 9.18. The van der Waals surface area contributed by atoms with Gasteiger partial charge in [0.2, 0.25) is 10.0 Å². The van der Waals surface area contributed by atoms with Crippen LogP contribution in [0.4, 0.5) is 17.1 Å². The van der Waals surface area contributed by atoms with E-state index in [2.05, 4.69) is 10.0 Å². The number of non-ortho nitro benzene ring substituents is 1. The summed E-state index contributed by atoms with van der Waals surface area (Å²) < 4.78 is 25.1. The van der Waals surface area contributed by atoms with E-state index in [0.29, 0.717) is 5.56 Å². The number of hydrogen-bond acceptors (Lipinski definition) is 5. The summed E-state index contributed by atoms with van der Waals surface area (Å²) in [5.41, 5.74) is 0.745. The molecule has 25 heavy (non-hydrogen) atoms. The summed E-state index contributed by atoms with van der Waals surface area (Å²) in [6.45, 7) is 1.58. The molecule has 2 aromatic carbocycles. The highest BCUT2D eigenvalue weighted by Gasteiger charge is 2.16. The topological polar surface area (TPSA) is 118 Å². The number of sulfonamides is 1. The molecule has 0 atom stereocenters. The van der Waals surface area contributed by atoms with Crippen LogP contribution >= 0.6 is 11.6 Å². The Hall–Kier alpha value is -2.65. The fraction of sp³-hybridized carbons (Fsp3) is 0.133. The molecule has 0 saturated heterocycles. The number of nitro benzene ring substituents is 1. The van der Waals surface area contributed by atoms with Crippen molar-refractivity contribution < 1.29 is 18.1 Å². The van der Waals surface area contributed by atoms with E-state index >= 15 is 0 Å². The Bertz CT molecular complexity index is 960. The van der Waals surface area contributed by atoms with Crippen molar-refractivity contribution in [3.63, 3.8) is 0 Å². The number of benzene rings is 2. The number of carbonyl (C=O) groups is 1. The monoisotopic (exact) mass is 383 g/mol. The first kappa shape index (κ1) is 18.7. The molecule has 2 aromatic rings.